The molecule has 1 atom stereocenters. The van der Waals surface area contributed by atoms with Crippen LogP contribution >= 0.6 is 0 Å². The van der Waals surface area contributed by atoms with Crippen molar-refractivity contribution in [3.05, 3.63) is 23.8 Å². The first-order valence-electron chi connectivity index (χ1n) is 11.3. The van der Waals surface area contributed by atoms with Crippen molar-refractivity contribution in [2.45, 2.75) is 53.0 Å². The SMILES string of the molecule is CCOC(=O)NC(C)CNc1nccc(-c2nc(C(C)(C)C)[nH]c2-c2nc(OC)c(N)nc2C)n1. The van der Waals surface area contributed by atoms with Crippen LogP contribution in [0.5, 0.6) is 5.88 Å². The van der Waals surface area contributed by atoms with E-state index in [9.17, 15) is 4.79 Å². The van der Waals surface area contributed by atoms with Gasteiger partial charge in [-0.25, -0.2) is 29.7 Å². The number of amides is 1. The molecular formula is C23H33N9O3. The lowest BCUT2D eigenvalue weighted by molar-refractivity contribution is 0.149. The Morgan fingerprint density at radius 1 is 1.20 bits per heavy atom. The van der Waals surface area contributed by atoms with Crippen molar-refractivity contribution >= 4 is 17.9 Å². The summed E-state index contributed by atoms with van der Waals surface area (Å²) in [4.78, 5) is 37.8. The van der Waals surface area contributed by atoms with E-state index in [2.05, 4.69) is 56.3 Å². The number of methoxy groups -OCH3 is 1. The molecule has 0 spiro atoms. The maximum atomic E-state index is 11.6. The fourth-order valence-electron chi connectivity index (χ4n) is 3.24. The number of aryl methyl sites for hydroxylation is 1. The number of nitrogens with one attached hydrogen (secondary N) is 3. The molecule has 188 valence electrons. The Hall–Kier alpha value is -3.96. The Morgan fingerprint density at radius 2 is 1.94 bits per heavy atom. The number of nitrogens with zero attached hydrogens (tertiary/aromatic N) is 5. The van der Waals surface area contributed by atoms with Gasteiger partial charge in [0.15, 0.2) is 5.82 Å². The number of carbonyl (C=O) groups is 1. The average Bonchev–Trinajstić information content (AvgIpc) is 3.24. The van der Waals surface area contributed by atoms with E-state index in [1.807, 2.05) is 13.8 Å². The Morgan fingerprint density at radius 3 is 2.60 bits per heavy atom. The second-order valence-corrected chi connectivity index (χ2v) is 9.02. The van der Waals surface area contributed by atoms with Crippen molar-refractivity contribution in [1.82, 2.24) is 35.2 Å². The highest BCUT2D eigenvalue weighted by molar-refractivity contribution is 5.77. The van der Waals surface area contributed by atoms with Crippen LogP contribution in [0, 0.1) is 6.92 Å². The number of alkyl carbamates (subject to hydrolysis) is 1. The molecule has 1 unspecified atom stereocenters. The van der Waals surface area contributed by atoms with Crippen LogP contribution in [0.4, 0.5) is 16.6 Å². The molecule has 35 heavy (non-hydrogen) atoms. The molecule has 0 bridgehead atoms. The maximum Gasteiger partial charge on any atom is 0.407 e. The summed E-state index contributed by atoms with van der Waals surface area (Å²) in [5.74, 6) is 1.60. The molecule has 0 aromatic carbocycles. The normalized spacial score (nSPS) is 12.2. The summed E-state index contributed by atoms with van der Waals surface area (Å²) in [5, 5.41) is 5.88. The van der Waals surface area contributed by atoms with Crippen molar-refractivity contribution in [2.75, 3.05) is 31.3 Å². The van der Waals surface area contributed by atoms with Gasteiger partial charge in [-0.1, -0.05) is 20.8 Å². The number of carbonyl (C=O) groups excluding carboxylic acids is 1. The van der Waals surface area contributed by atoms with Crippen molar-refractivity contribution in [2.24, 2.45) is 0 Å². The van der Waals surface area contributed by atoms with E-state index in [0.717, 1.165) is 5.82 Å². The number of rotatable bonds is 8. The molecule has 5 N–H and O–H groups in total. The van der Waals surface area contributed by atoms with Crippen molar-refractivity contribution in [1.29, 1.82) is 0 Å². The maximum absolute atomic E-state index is 11.6. The third-order valence-corrected chi connectivity index (χ3v) is 5.01. The highest BCUT2D eigenvalue weighted by Gasteiger charge is 2.26. The summed E-state index contributed by atoms with van der Waals surface area (Å²) in [7, 11) is 1.49. The number of H-pyrrole nitrogens is 1. The van der Waals surface area contributed by atoms with Gasteiger partial charge in [-0.2, -0.15) is 0 Å². The van der Waals surface area contributed by atoms with Crippen LogP contribution in [0.25, 0.3) is 22.8 Å². The van der Waals surface area contributed by atoms with Gasteiger partial charge in [0.25, 0.3) is 5.88 Å². The van der Waals surface area contributed by atoms with Gasteiger partial charge in [-0.15, -0.1) is 0 Å². The predicted molar refractivity (Wildman–Crippen MR) is 133 cm³/mol. The summed E-state index contributed by atoms with van der Waals surface area (Å²) in [5.41, 5.74) is 8.72. The molecule has 1 amide bonds. The van der Waals surface area contributed by atoms with Gasteiger partial charge in [0.2, 0.25) is 5.95 Å². The number of nitrogen functional groups attached to an aromatic ring is 1. The van der Waals surface area contributed by atoms with E-state index in [1.165, 1.54) is 7.11 Å². The molecule has 3 heterocycles. The number of imidazole rings is 1. The molecule has 3 aromatic rings. The number of ether oxygens (including phenoxy) is 2. The second kappa shape index (κ2) is 10.5. The standard InChI is InChI=1S/C23H33N9O3/c1-8-35-22(33)27-12(2)11-26-21-25-10-9-14(29-21)16-17(32-20(31-16)23(4,5)6)15-13(3)28-18(24)19(30-15)34-7/h9-10,12H,8,11H2,1-7H3,(H2,24,28)(H,27,33)(H,31,32)(H,25,26,29). The molecule has 12 heteroatoms. The molecule has 3 rings (SSSR count). The zero-order valence-corrected chi connectivity index (χ0v) is 21.2. The first kappa shape index (κ1) is 25.7. The number of aromatic amines is 1. The molecule has 0 fully saturated rings. The number of anilines is 2. The van der Waals surface area contributed by atoms with Gasteiger partial charge in [0.1, 0.15) is 17.2 Å². The molecule has 0 saturated carbocycles. The lowest BCUT2D eigenvalue weighted by Gasteiger charge is -2.14. The highest BCUT2D eigenvalue weighted by atomic mass is 16.5. The molecule has 0 aliphatic heterocycles. The summed E-state index contributed by atoms with van der Waals surface area (Å²) < 4.78 is 10.2. The van der Waals surface area contributed by atoms with E-state index in [1.54, 1.807) is 19.2 Å². The van der Waals surface area contributed by atoms with Crippen LogP contribution in [-0.4, -0.2) is 62.3 Å². The molecule has 3 aromatic heterocycles. The Kier molecular flexibility index (Phi) is 7.72. The highest BCUT2D eigenvalue weighted by Crippen LogP contribution is 2.34. The van der Waals surface area contributed by atoms with Crippen molar-refractivity contribution in [3.8, 4) is 28.7 Å². The van der Waals surface area contributed by atoms with Crippen molar-refractivity contribution < 1.29 is 14.3 Å². The molecule has 0 aliphatic rings. The average molecular weight is 484 g/mol. The van der Waals surface area contributed by atoms with E-state index >= 15 is 0 Å². The molecule has 0 saturated heterocycles. The third-order valence-electron chi connectivity index (χ3n) is 5.01. The van der Waals surface area contributed by atoms with E-state index in [-0.39, 0.29) is 23.2 Å². The first-order valence-corrected chi connectivity index (χ1v) is 11.3. The van der Waals surface area contributed by atoms with Crippen molar-refractivity contribution in [3.63, 3.8) is 0 Å². The smallest absolute Gasteiger partial charge is 0.407 e. The van der Waals surface area contributed by atoms with Gasteiger partial charge in [0.05, 0.1) is 30.8 Å². The number of hydrogen-bond acceptors (Lipinski definition) is 10. The van der Waals surface area contributed by atoms with Gasteiger partial charge < -0.3 is 30.8 Å². The van der Waals surface area contributed by atoms with Crippen LogP contribution < -0.4 is 21.1 Å². The summed E-state index contributed by atoms with van der Waals surface area (Å²) in [6.45, 7) is 12.3. The lowest BCUT2D eigenvalue weighted by Crippen LogP contribution is -2.37. The minimum atomic E-state index is -0.470. The predicted octanol–water partition coefficient (Wildman–Crippen LogP) is 3.07. The largest absolute Gasteiger partial charge is 0.478 e. The molecule has 12 nitrogen and oxygen atoms in total. The molecule has 0 aliphatic carbocycles. The van der Waals surface area contributed by atoms with Crippen LogP contribution in [0.3, 0.4) is 0 Å². The minimum absolute atomic E-state index is 0.199. The van der Waals surface area contributed by atoms with Gasteiger partial charge in [-0.3, -0.25) is 0 Å². The molecular weight excluding hydrogens is 450 g/mol. The monoisotopic (exact) mass is 483 g/mol. The Bertz CT molecular complexity index is 1190. The van der Waals surface area contributed by atoms with Crippen LogP contribution in [0.2, 0.25) is 0 Å². The van der Waals surface area contributed by atoms with E-state index < -0.39 is 6.09 Å². The van der Waals surface area contributed by atoms with Crippen LogP contribution in [0.15, 0.2) is 12.3 Å². The number of aromatic nitrogens is 6. The zero-order chi connectivity index (χ0) is 25.8. The van der Waals surface area contributed by atoms with Crippen LogP contribution in [-0.2, 0) is 10.2 Å². The topological polar surface area (TPSA) is 166 Å². The number of hydrogen-bond donors (Lipinski definition) is 4. The van der Waals surface area contributed by atoms with E-state index in [4.69, 9.17) is 20.2 Å². The Labute approximate surface area is 204 Å². The molecule has 0 radical (unpaired) electrons. The summed E-state index contributed by atoms with van der Waals surface area (Å²) in [6.07, 6.45) is 1.17. The lowest BCUT2D eigenvalue weighted by atomic mass is 9.96. The van der Waals surface area contributed by atoms with Gasteiger partial charge in [0, 0.05) is 24.2 Å². The first-order chi connectivity index (χ1) is 16.5. The minimum Gasteiger partial charge on any atom is -0.478 e. The van der Waals surface area contributed by atoms with Gasteiger partial charge >= 0.3 is 6.09 Å². The summed E-state index contributed by atoms with van der Waals surface area (Å²) in [6, 6.07) is 1.57. The fraction of sp³-hybridized carbons (Fsp3) is 0.478. The zero-order valence-electron chi connectivity index (χ0n) is 21.2. The fourth-order valence-corrected chi connectivity index (χ4v) is 3.24. The summed E-state index contributed by atoms with van der Waals surface area (Å²) >= 11 is 0. The third kappa shape index (κ3) is 6.14. The quantitative estimate of drug-likeness (QED) is 0.374. The van der Waals surface area contributed by atoms with E-state index in [0.29, 0.717) is 47.6 Å². The van der Waals surface area contributed by atoms with Crippen LogP contribution in [0.1, 0.15) is 46.1 Å². The van der Waals surface area contributed by atoms with Gasteiger partial charge in [-0.05, 0) is 26.8 Å². The number of nitrogens with two attached hydrogens (primary N) is 1. The second-order valence-electron chi connectivity index (χ2n) is 9.02. The Balaban J connectivity index is 1.97.